The monoisotopic (exact) mass is 439 g/mol. The molecule has 0 radical (unpaired) electrons. The Morgan fingerprint density at radius 3 is 3.03 bits per heavy atom. The normalized spacial score (nSPS) is 27.2. The quantitative estimate of drug-likeness (QED) is 0.756. The number of aliphatic hydroxyl groups excluding tert-OH is 1. The summed E-state index contributed by atoms with van der Waals surface area (Å²) in [5.41, 5.74) is 3.43. The summed E-state index contributed by atoms with van der Waals surface area (Å²) in [5.74, 6) is 0.148. The molecular weight excluding hydrogens is 413 g/mol. The fourth-order valence-corrected chi connectivity index (χ4v) is 4.71. The Hall–Kier alpha value is -2.91. The number of aliphatic imine (C=N–C) groups is 1. The van der Waals surface area contributed by atoms with Crippen molar-refractivity contribution in [2.45, 2.75) is 50.7 Å². The van der Waals surface area contributed by atoms with Crippen molar-refractivity contribution >= 4 is 17.4 Å². The van der Waals surface area contributed by atoms with E-state index in [9.17, 15) is 14.3 Å². The molecule has 3 aliphatic rings. The maximum absolute atomic E-state index is 14.5. The Labute approximate surface area is 185 Å². The van der Waals surface area contributed by atoms with Crippen LogP contribution in [0, 0.1) is 6.92 Å². The summed E-state index contributed by atoms with van der Waals surface area (Å²) < 4.78 is 19.8. The van der Waals surface area contributed by atoms with Gasteiger partial charge in [-0.1, -0.05) is 29.8 Å². The van der Waals surface area contributed by atoms with E-state index in [0.717, 1.165) is 11.1 Å². The van der Waals surface area contributed by atoms with E-state index in [2.05, 4.69) is 20.3 Å². The summed E-state index contributed by atoms with van der Waals surface area (Å²) in [6.07, 6.45) is 0.543. The summed E-state index contributed by atoms with van der Waals surface area (Å²) in [6.45, 7) is 3.06. The summed E-state index contributed by atoms with van der Waals surface area (Å²) >= 11 is 0. The van der Waals surface area contributed by atoms with Crippen molar-refractivity contribution < 1.29 is 19.0 Å². The van der Waals surface area contributed by atoms with Crippen LogP contribution in [0.2, 0.25) is 0 Å². The lowest BCUT2D eigenvalue weighted by molar-refractivity contribution is -0.125. The lowest BCUT2D eigenvalue weighted by atomic mass is 10.0. The minimum absolute atomic E-state index is 0.0287. The molecule has 8 nitrogen and oxygen atoms in total. The van der Waals surface area contributed by atoms with Crippen molar-refractivity contribution in [3.05, 3.63) is 53.0 Å². The highest BCUT2D eigenvalue weighted by Crippen LogP contribution is 2.36. The maximum atomic E-state index is 14.5. The van der Waals surface area contributed by atoms with Gasteiger partial charge in [0.05, 0.1) is 49.1 Å². The highest BCUT2D eigenvalue weighted by Gasteiger charge is 2.40. The number of hydrogen-bond donors (Lipinski definition) is 2. The fraction of sp³-hybridized carbons (Fsp3) is 0.478. The first-order valence-corrected chi connectivity index (χ1v) is 10.9. The maximum Gasteiger partial charge on any atom is 0.273 e. The summed E-state index contributed by atoms with van der Waals surface area (Å²) in [4.78, 5) is 28.3. The number of aromatic nitrogens is 2. The molecule has 2 N–H and O–H groups in total. The highest BCUT2D eigenvalue weighted by molar-refractivity contribution is 6.47. The second-order valence-electron chi connectivity index (χ2n) is 8.61. The molecule has 5 rings (SSSR count). The first kappa shape index (κ1) is 21.0. The Morgan fingerprint density at radius 2 is 2.22 bits per heavy atom. The number of nitrogens with zero attached hydrogens (tertiary/aromatic N) is 4. The zero-order chi connectivity index (χ0) is 22.2. The van der Waals surface area contributed by atoms with Crippen molar-refractivity contribution in [2.75, 3.05) is 25.1 Å². The molecule has 168 valence electrons. The third kappa shape index (κ3) is 3.86. The van der Waals surface area contributed by atoms with Crippen molar-refractivity contribution in [2.24, 2.45) is 4.99 Å². The molecule has 4 atom stereocenters. The highest BCUT2D eigenvalue weighted by atomic mass is 19.1. The second-order valence-corrected chi connectivity index (χ2v) is 8.61. The molecule has 4 heterocycles. The third-order valence-corrected chi connectivity index (χ3v) is 6.34. The Morgan fingerprint density at radius 1 is 1.34 bits per heavy atom. The molecular formula is C23H26FN5O3. The van der Waals surface area contributed by atoms with Crippen molar-refractivity contribution in [1.82, 2.24) is 14.9 Å². The van der Waals surface area contributed by atoms with Gasteiger partial charge >= 0.3 is 0 Å². The van der Waals surface area contributed by atoms with Gasteiger partial charge in [-0.3, -0.25) is 9.79 Å². The lowest BCUT2D eigenvalue weighted by Gasteiger charge is -2.29. The number of likely N-dealkylation sites (tertiary alicyclic amines) is 1. The Kier molecular flexibility index (Phi) is 5.60. The van der Waals surface area contributed by atoms with E-state index in [0.29, 0.717) is 30.1 Å². The van der Waals surface area contributed by atoms with Crippen LogP contribution >= 0.6 is 0 Å². The van der Waals surface area contributed by atoms with Gasteiger partial charge in [-0.2, -0.15) is 0 Å². The number of fused-ring (bicyclic) bond motifs is 1. The minimum atomic E-state index is -1.09. The van der Waals surface area contributed by atoms with Gasteiger partial charge in [0.15, 0.2) is 0 Å². The average molecular weight is 439 g/mol. The van der Waals surface area contributed by atoms with E-state index in [-0.39, 0.29) is 49.8 Å². The van der Waals surface area contributed by atoms with Crippen molar-refractivity contribution in [1.29, 1.82) is 0 Å². The van der Waals surface area contributed by atoms with Gasteiger partial charge in [-0.15, -0.1) is 0 Å². The topological polar surface area (TPSA) is 99.9 Å². The predicted molar refractivity (Wildman–Crippen MR) is 116 cm³/mol. The molecule has 1 amide bonds. The number of nitrogens with one attached hydrogen (secondary N) is 1. The van der Waals surface area contributed by atoms with Crippen molar-refractivity contribution in [3.63, 3.8) is 0 Å². The SMILES string of the molecule is Cc1cccc([C@H]2C[C@H](F)CN2C(=O)C2=NCc3ncnc(N[C@@H]4CCOC[C@H]4O)c32)c1. The summed E-state index contributed by atoms with van der Waals surface area (Å²) in [5, 5.41) is 13.5. The van der Waals surface area contributed by atoms with Crippen LogP contribution < -0.4 is 5.32 Å². The molecule has 0 unspecified atom stereocenters. The van der Waals surface area contributed by atoms with Crippen LogP contribution in [0.25, 0.3) is 0 Å². The number of aryl methyl sites for hydroxylation is 1. The van der Waals surface area contributed by atoms with Crippen LogP contribution in [0.15, 0.2) is 35.6 Å². The molecule has 1 aromatic carbocycles. The largest absolute Gasteiger partial charge is 0.389 e. The van der Waals surface area contributed by atoms with Gasteiger partial charge < -0.3 is 20.1 Å². The number of rotatable bonds is 4. The zero-order valence-corrected chi connectivity index (χ0v) is 17.9. The molecule has 0 bridgehead atoms. The van der Waals surface area contributed by atoms with Gasteiger partial charge in [0.1, 0.15) is 24.0 Å². The van der Waals surface area contributed by atoms with Gasteiger partial charge in [0.2, 0.25) is 0 Å². The molecule has 0 saturated carbocycles. The minimum Gasteiger partial charge on any atom is -0.389 e. The molecule has 0 spiro atoms. The summed E-state index contributed by atoms with van der Waals surface area (Å²) in [7, 11) is 0. The molecule has 0 aliphatic carbocycles. The number of hydrogen-bond acceptors (Lipinski definition) is 7. The molecule has 1 aromatic heterocycles. The van der Waals surface area contributed by atoms with E-state index in [4.69, 9.17) is 4.74 Å². The number of amides is 1. The van der Waals surface area contributed by atoms with Crippen LogP contribution in [0.1, 0.15) is 41.3 Å². The molecule has 32 heavy (non-hydrogen) atoms. The number of carbonyl (C=O) groups excluding carboxylic acids is 1. The fourth-order valence-electron chi connectivity index (χ4n) is 4.71. The summed E-state index contributed by atoms with van der Waals surface area (Å²) in [6, 6.07) is 7.24. The van der Waals surface area contributed by atoms with E-state index in [1.807, 2.05) is 31.2 Å². The first-order chi connectivity index (χ1) is 15.5. The molecule has 9 heteroatoms. The number of ether oxygens (including phenoxy) is 1. The van der Waals surface area contributed by atoms with Crippen LogP contribution in [-0.2, 0) is 16.1 Å². The first-order valence-electron chi connectivity index (χ1n) is 10.9. The van der Waals surface area contributed by atoms with Gasteiger partial charge in [0, 0.05) is 13.0 Å². The van der Waals surface area contributed by atoms with E-state index >= 15 is 0 Å². The van der Waals surface area contributed by atoms with E-state index < -0.39 is 12.3 Å². The molecule has 3 aliphatic heterocycles. The number of anilines is 1. The van der Waals surface area contributed by atoms with E-state index in [1.54, 1.807) is 4.90 Å². The van der Waals surface area contributed by atoms with Crippen LogP contribution in [0.3, 0.4) is 0 Å². The Bertz CT molecular complexity index is 1060. The number of halogens is 1. The predicted octanol–water partition coefficient (Wildman–Crippen LogP) is 1.96. The average Bonchev–Trinajstić information content (AvgIpc) is 3.39. The molecule has 2 fully saturated rings. The van der Waals surface area contributed by atoms with Gasteiger partial charge in [0.25, 0.3) is 5.91 Å². The molecule has 2 aromatic rings. The smallest absolute Gasteiger partial charge is 0.273 e. The van der Waals surface area contributed by atoms with E-state index in [1.165, 1.54) is 6.33 Å². The number of carbonyl (C=O) groups is 1. The Balaban J connectivity index is 1.44. The lowest BCUT2D eigenvalue weighted by Crippen LogP contribution is -2.43. The number of alkyl halides is 1. The zero-order valence-electron chi connectivity index (χ0n) is 17.9. The third-order valence-electron chi connectivity index (χ3n) is 6.34. The van der Waals surface area contributed by atoms with Crippen molar-refractivity contribution in [3.8, 4) is 0 Å². The van der Waals surface area contributed by atoms with Crippen LogP contribution in [0.5, 0.6) is 0 Å². The van der Waals surface area contributed by atoms with Gasteiger partial charge in [-0.25, -0.2) is 14.4 Å². The number of aliphatic hydroxyl groups is 1. The number of benzene rings is 1. The van der Waals surface area contributed by atoms with Crippen LogP contribution in [0.4, 0.5) is 10.2 Å². The molecule has 2 saturated heterocycles. The van der Waals surface area contributed by atoms with Gasteiger partial charge in [-0.05, 0) is 18.9 Å². The second kappa shape index (κ2) is 8.55. The standard InChI is InChI=1S/C23H26FN5O3/c1-13-3-2-4-14(7-13)18-8-15(24)10-29(18)23(31)21-20-17(9-25-21)26-12-27-22(20)28-16-5-6-32-11-19(16)30/h2-4,7,12,15-16,18-19,30H,5-6,8-11H2,1H3,(H,26,27,28)/t15-,16+,18+,19+/m0/s1. The van der Waals surface area contributed by atoms with Crippen LogP contribution in [-0.4, -0.2) is 69.7 Å².